The molecule has 0 spiro atoms. The average molecular weight is 411 g/mol. The number of aromatic nitrogens is 2. The summed E-state index contributed by atoms with van der Waals surface area (Å²) < 4.78 is 13.0. The van der Waals surface area contributed by atoms with Crippen LogP contribution in [0, 0.1) is 11.2 Å². The van der Waals surface area contributed by atoms with Crippen LogP contribution < -0.4 is 5.32 Å². The number of benzene rings is 2. The standard InChI is InChI=1S/C22H23FN4OS/c1-22(2)14-27(12-18(22)15-6-4-3-5-7-15)13-19-25-26-21(29-19)20(28)24-17-10-8-16(23)9-11-17/h3-11,18H,12-14H2,1-2H3,(H,24,28). The van der Waals surface area contributed by atoms with Gasteiger partial charge in [0.25, 0.3) is 5.91 Å². The van der Waals surface area contributed by atoms with Crippen molar-refractivity contribution < 1.29 is 9.18 Å². The van der Waals surface area contributed by atoms with Gasteiger partial charge in [-0.2, -0.15) is 0 Å². The summed E-state index contributed by atoms with van der Waals surface area (Å²) in [4.78, 5) is 14.8. The Hall–Kier alpha value is -2.64. The lowest BCUT2D eigenvalue weighted by molar-refractivity contribution is 0.102. The van der Waals surface area contributed by atoms with E-state index in [1.165, 1.54) is 41.2 Å². The Balaban J connectivity index is 1.40. The Morgan fingerprint density at radius 2 is 1.90 bits per heavy atom. The number of hydrogen-bond acceptors (Lipinski definition) is 5. The van der Waals surface area contributed by atoms with Gasteiger partial charge < -0.3 is 5.32 Å². The lowest BCUT2D eigenvalue weighted by Crippen LogP contribution is -2.23. The molecule has 7 heteroatoms. The van der Waals surface area contributed by atoms with Gasteiger partial charge in [-0.3, -0.25) is 9.69 Å². The lowest BCUT2D eigenvalue weighted by Gasteiger charge is -2.26. The predicted molar refractivity (Wildman–Crippen MR) is 113 cm³/mol. The topological polar surface area (TPSA) is 58.1 Å². The summed E-state index contributed by atoms with van der Waals surface area (Å²) in [5.74, 6) is -0.217. The van der Waals surface area contributed by atoms with Crippen LogP contribution in [0.4, 0.5) is 10.1 Å². The quantitative estimate of drug-likeness (QED) is 0.670. The molecular formula is C22H23FN4OS. The number of amides is 1. The first-order valence-corrected chi connectivity index (χ1v) is 10.4. The highest BCUT2D eigenvalue weighted by molar-refractivity contribution is 7.13. The van der Waals surface area contributed by atoms with Gasteiger partial charge in [-0.15, -0.1) is 10.2 Å². The summed E-state index contributed by atoms with van der Waals surface area (Å²) >= 11 is 1.30. The van der Waals surface area contributed by atoms with E-state index in [-0.39, 0.29) is 17.1 Å². The molecule has 1 atom stereocenters. The minimum atomic E-state index is -0.344. The molecule has 3 aromatic rings. The fourth-order valence-corrected chi connectivity index (χ4v) is 4.71. The number of carbonyl (C=O) groups excluding carboxylic acids is 1. The maximum atomic E-state index is 13.0. The lowest BCUT2D eigenvalue weighted by atomic mass is 9.78. The second kappa shape index (κ2) is 8.00. The smallest absolute Gasteiger partial charge is 0.286 e. The molecule has 2 heterocycles. The Bertz CT molecular complexity index is 988. The number of nitrogens with zero attached hydrogens (tertiary/aromatic N) is 3. The van der Waals surface area contributed by atoms with Gasteiger partial charge in [-0.25, -0.2) is 4.39 Å². The molecule has 1 aliphatic heterocycles. The minimum absolute atomic E-state index is 0.162. The van der Waals surface area contributed by atoms with E-state index in [9.17, 15) is 9.18 Å². The van der Waals surface area contributed by atoms with Crippen molar-refractivity contribution in [1.82, 2.24) is 15.1 Å². The van der Waals surface area contributed by atoms with E-state index < -0.39 is 0 Å². The molecule has 1 N–H and O–H groups in total. The van der Waals surface area contributed by atoms with Gasteiger partial charge in [-0.1, -0.05) is 55.5 Å². The first-order chi connectivity index (χ1) is 13.9. The molecule has 1 fully saturated rings. The van der Waals surface area contributed by atoms with E-state index in [1.54, 1.807) is 0 Å². The van der Waals surface area contributed by atoms with Crippen LogP contribution in [0.3, 0.4) is 0 Å². The van der Waals surface area contributed by atoms with Crippen molar-refractivity contribution in [3.8, 4) is 0 Å². The normalized spacial score (nSPS) is 18.7. The number of nitrogens with one attached hydrogen (secondary N) is 1. The van der Waals surface area contributed by atoms with Crippen molar-refractivity contribution in [3.63, 3.8) is 0 Å². The molecule has 29 heavy (non-hydrogen) atoms. The number of carbonyl (C=O) groups is 1. The summed E-state index contributed by atoms with van der Waals surface area (Å²) in [5, 5.41) is 12.1. The highest BCUT2D eigenvalue weighted by Crippen LogP contribution is 2.42. The van der Waals surface area contributed by atoms with Gasteiger partial charge in [0.2, 0.25) is 5.01 Å². The van der Waals surface area contributed by atoms with Gasteiger partial charge in [0, 0.05) is 24.7 Å². The second-order valence-corrected chi connectivity index (χ2v) is 9.15. The molecule has 4 rings (SSSR count). The van der Waals surface area contributed by atoms with Crippen molar-refractivity contribution >= 4 is 22.9 Å². The maximum absolute atomic E-state index is 13.0. The van der Waals surface area contributed by atoms with E-state index in [0.29, 0.717) is 23.2 Å². The summed E-state index contributed by atoms with van der Waals surface area (Å²) in [6.07, 6.45) is 0. The number of hydrogen-bond donors (Lipinski definition) is 1. The van der Waals surface area contributed by atoms with Crippen LogP contribution in [0.15, 0.2) is 54.6 Å². The Morgan fingerprint density at radius 3 is 2.62 bits per heavy atom. The van der Waals surface area contributed by atoms with Gasteiger partial charge in [0.1, 0.15) is 10.8 Å². The Kier molecular flexibility index (Phi) is 5.43. The minimum Gasteiger partial charge on any atom is -0.320 e. The predicted octanol–water partition coefficient (Wildman–Crippen LogP) is 4.56. The van der Waals surface area contributed by atoms with Crippen molar-refractivity contribution in [2.24, 2.45) is 5.41 Å². The summed E-state index contributed by atoms with van der Waals surface area (Å²) in [6.45, 7) is 7.18. The molecule has 0 aliphatic carbocycles. The van der Waals surface area contributed by atoms with Gasteiger partial charge in [0.05, 0.1) is 6.54 Å². The molecule has 2 aromatic carbocycles. The fraction of sp³-hybridized carbons (Fsp3) is 0.318. The monoisotopic (exact) mass is 410 g/mol. The fourth-order valence-electron chi connectivity index (χ4n) is 3.94. The summed E-state index contributed by atoms with van der Waals surface area (Å²) in [6, 6.07) is 16.3. The molecule has 1 aromatic heterocycles. The largest absolute Gasteiger partial charge is 0.320 e. The van der Waals surface area contributed by atoms with Gasteiger partial charge in [-0.05, 0) is 35.2 Å². The number of likely N-dealkylation sites (tertiary alicyclic amines) is 1. The number of halogens is 1. The van der Waals surface area contributed by atoms with Crippen molar-refractivity contribution in [3.05, 3.63) is 76.0 Å². The van der Waals surface area contributed by atoms with Crippen molar-refractivity contribution in [2.75, 3.05) is 18.4 Å². The third kappa shape index (κ3) is 4.52. The Labute approximate surface area is 173 Å². The molecule has 0 saturated carbocycles. The van der Waals surface area contributed by atoms with Crippen molar-refractivity contribution in [2.45, 2.75) is 26.3 Å². The highest BCUT2D eigenvalue weighted by Gasteiger charge is 2.40. The van der Waals surface area contributed by atoms with E-state index in [1.807, 2.05) is 6.07 Å². The van der Waals surface area contributed by atoms with E-state index in [4.69, 9.17) is 0 Å². The first kappa shape index (κ1) is 19.7. The molecular weight excluding hydrogens is 387 g/mol. The molecule has 1 aliphatic rings. The number of anilines is 1. The SMILES string of the molecule is CC1(C)CN(Cc2nnc(C(=O)Nc3ccc(F)cc3)s2)CC1c1ccccc1. The van der Waals surface area contributed by atoms with E-state index in [0.717, 1.165) is 18.1 Å². The van der Waals surface area contributed by atoms with Crippen molar-refractivity contribution in [1.29, 1.82) is 0 Å². The average Bonchev–Trinajstić information content (AvgIpc) is 3.28. The summed E-state index contributed by atoms with van der Waals surface area (Å²) in [7, 11) is 0. The molecule has 0 bridgehead atoms. The van der Waals surface area contributed by atoms with Crippen LogP contribution in [0.5, 0.6) is 0 Å². The zero-order chi connectivity index (χ0) is 20.4. The van der Waals surface area contributed by atoms with Crippen LogP contribution in [0.25, 0.3) is 0 Å². The second-order valence-electron chi connectivity index (χ2n) is 8.08. The maximum Gasteiger partial charge on any atom is 0.286 e. The van der Waals surface area contributed by atoms with Crippen LogP contribution in [-0.4, -0.2) is 34.1 Å². The van der Waals surface area contributed by atoms with E-state index in [2.05, 4.69) is 58.5 Å². The van der Waals surface area contributed by atoms with E-state index >= 15 is 0 Å². The molecule has 1 amide bonds. The summed E-state index contributed by atoms with van der Waals surface area (Å²) in [5.41, 5.74) is 2.05. The van der Waals surface area contributed by atoms with Gasteiger partial charge in [0.15, 0.2) is 0 Å². The van der Waals surface area contributed by atoms with Crippen LogP contribution >= 0.6 is 11.3 Å². The van der Waals surface area contributed by atoms with Crippen LogP contribution in [0.2, 0.25) is 0 Å². The Morgan fingerprint density at radius 1 is 1.17 bits per heavy atom. The molecule has 1 unspecified atom stereocenters. The third-order valence-electron chi connectivity index (χ3n) is 5.34. The zero-order valence-electron chi connectivity index (χ0n) is 16.4. The molecule has 1 saturated heterocycles. The van der Waals surface area contributed by atoms with Crippen LogP contribution in [-0.2, 0) is 6.54 Å². The molecule has 150 valence electrons. The van der Waals surface area contributed by atoms with Crippen LogP contribution in [0.1, 0.15) is 40.1 Å². The first-order valence-electron chi connectivity index (χ1n) is 9.57. The van der Waals surface area contributed by atoms with Gasteiger partial charge >= 0.3 is 0 Å². The number of rotatable bonds is 5. The highest BCUT2D eigenvalue weighted by atomic mass is 32.1. The third-order valence-corrected chi connectivity index (χ3v) is 6.25. The molecule has 0 radical (unpaired) electrons. The molecule has 5 nitrogen and oxygen atoms in total. The zero-order valence-corrected chi connectivity index (χ0v) is 17.2.